The Balaban J connectivity index is 2.77. The maximum Gasteiger partial charge on any atom is 0.317 e. The fraction of sp³-hybridized carbons (Fsp3) is 0.562. The van der Waals surface area contributed by atoms with Gasteiger partial charge < -0.3 is 10.2 Å². The number of benzene rings is 1. The Kier molecular flexibility index (Phi) is 5.40. The van der Waals surface area contributed by atoms with Gasteiger partial charge in [-0.2, -0.15) is 0 Å². The van der Waals surface area contributed by atoms with Gasteiger partial charge in [-0.05, 0) is 24.8 Å². The minimum Gasteiger partial charge on any atom is -0.336 e. The van der Waals surface area contributed by atoms with Crippen molar-refractivity contribution in [2.45, 2.75) is 47.2 Å². The molecule has 0 aliphatic carbocycles. The Labute approximate surface area is 117 Å². The summed E-state index contributed by atoms with van der Waals surface area (Å²) < 4.78 is 0. The minimum atomic E-state index is 0.00813. The molecule has 0 radical (unpaired) electrons. The summed E-state index contributed by atoms with van der Waals surface area (Å²) in [5.41, 5.74) is 1.24. The summed E-state index contributed by atoms with van der Waals surface area (Å²) in [6.07, 6.45) is 0. The van der Waals surface area contributed by atoms with Gasteiger partial charge in [0.05, 0.1) is 0 Å². The first kappa shape index (κ1) is 15.5. The van der Waals surface area contributed by atoms with Crippen molar-refractivity contribution in [1.29, 1.82) is 0 Å². The Morgan fingerprint density at radius 1 is 1.21 bits per heavy atom. The van der Waals surface area contributed by atoms with Gasteiger partial charge in [-0.1, -0.05) is 51.1 Å². The van der Waals surface area contributed by atoms with Crippen molar-refractivity contribution in [2.75, 3.05) is 6.54 Å². The zero-order chi connectivity index (χ0) is 14.5. The molecule has 1 N–H and O–H groups in total. The zero-order valence-corrected chi connectivity index (χ0v) is 12.7. The Hall–Kier alpha value is -1.51. The molecule has 1 aromatic carbocycles. The van der Waals surface area contributed by atoms with Gasteiger partial charge in [0.25, 0.3) is 0 Å². The first-order valence-corrected chi connectivity index (χ1v) is 6.87. The lowest BCUT2D eigenvalue weighted by molar-refractivity contribution is 0.167. The van der Waals surface area contributed by atoms with Crippen molar-refractivity contribution in [3.8, 4) is 0 Å². The third kappa shape index (κ3) is 6.27. The van der Waals surface area contributed by atoms with Crippen LogP contribution in [0, 0.1) is 5.41 Å². The fourth-order valence-electron chi connectivity index (χ4n) is 1.91. The number of carbonyl (C=O) groups excluding carboxylic acids is 1. The third-order valence-corrected chi connectivity index (χ3v) is 2.58. The number of nitrogens with one attached hydrogen (secondary N) is 1. The molecule has 0 aliphatic heterocycles. The molecule has 0 aromatic heterocycles. The molecule has 19 heavy (non-hydrogen) atoms. The van der Waals surface area contributed by atoms with Gasteiger partial charge in [0.2, 0.25) is 0 Å². The van der Waals surface area contributed by atoms with Crippen LogP contribution in [-0.4, -0.2) is 23.5 Å². The molecule has 0 bridgehead atoms. The van der Waals surface area contributed by atoms with E-state index in [0.29, 0.717) is 6.54 Å². The monoisotopic (exact) mass is 262 g/mol. The number of urea groups is 1. The molecule has 1 rings (SSSR count). The third-order valence-electron chi connectivity index (χ3n) is 2.58. The lowest BCUT2D eigenvalue weighted by Crippen LogP contribution is -2.45. The van der Waals surface area contributed by atoms with Crippen LogP contribution in [0.5, 0.6) is 0 Å². The largest absolute Gasteiger partial charge is 0.336 e. The summed E-state index contributed by atoms with van der Waals surface area (Å²) in [6, 6.07) is 10.3. The lowest BCUT2D eigenvalue weighted by atomic mass is 9.96. The highest BCUT2D eigenvalue weighted by Gasteiger charge is 2.21. The summed E-state index contributed by atoms with van der Waals surface area (Å²) in [6.45, 7) is 11.8. The van der Waals surface area contributed by atoms with Crippen LogP contribution < -0.4 is 5.32 Å². The highest BCUT2D eigenvalue weighted by atomic mass is 16.2. The lowest BCUT2D eigenvalue weighted by Gasteiger charge is -2.31. The predicted octanol–water partition coefficient (Wildman–Crippen LogP) is 3.65. The maximum atomic E-state index is 12.3. The van der Waals surface area contributed by atoms with Gasteiger partial charge in [-0.3, -0.25) is 0 Å². The first-order valence-electron chi connectivity index (χ1n) is 6.87. The Bertz CT molecular complexity index is 393. The molecule has 2 amide bonds. The molecule has 3 heteroatoms. The summed E-state index contributed by atoms with van der Waals surface area (Å²) in [5, 5.41) is 2.97. The average molecular weight is 262 g/mol. The van der Waals surface area contributed by atoms with Crippen molar-refractivity contribution in [1.82, 2.24) is 10.2 Å². The van der Waals surface area contributed by atoms with Crippen molar-refractivity contribution >= 4 is 6.03 Å². The highest BCUT2D eigenvalue weighted by molar-refractivity contribution is 5.74. The second kappa shape index (κ2) is 6.60. The van der Waals surface area contributed by atoms with E-state index in [2.05, 4.69) is 38.2 Å². The van der Waals surface area contributed by atoms with Gasteiger partial charge in [-0.15, -0.1) is 0 Å². The normalized spacial score (nSPS) is 11.5. The van der Waals surface area contributed by atoms with E-state index in [1.54, 1.807) is 0 Å². The van der Waals surface area contributed by atoms with Crippen molar-refractivity contribution in [2.24, 2.45) is 5.41 Å². The van der Waals surface area contributed by atoms with Crippen molar-refractivity contribution in [3.05, 3.63) is 35.9 Å². The molecule has 0 aliphatic rings. The fourth-order valence-corrected chi connectivity index (χ4v) is 1.91. The molecular weight excluding hydrogens is 236 g/mol. The van der Waals surface area contributed by atoms with Crippen LogP contribution in [0.15, 0.2) is 30.3 Å². The summed E-state index contributed by atoms with van der Waals surface area (Å²) in [7, 11) is 0. The van der Waals surface area contributed by atoms with Crippen LogP contribution >= 0.6 is 0 Å². The molecule has 0 saturated heterocycles. The SMILES string of the molecule is CC(C)NC(=O)N(Cc1ccccc1)CC(C)(C)C. The van der Waals surface area contributed by atoms with Gasteiger partial charge in [0.1, 0.15) is 0 Å². The number of hydrogen-bond donors (Lipinski definition) is 1. The van der Waals surface area contributed by atoms with Crippen LogP contribution in [-0.2, 0) is 6.54 Å². The van der Waals surface area contributed by atoms with Crippen molar-refractivity contribution < 1.29 is 4.79 Å². The molecule has 0 saturated carbocycles. The second-order valence-electron chi connectivity index (χ2n) is 6.51. The molecule has 0 heterocycles. The van der Waals surface area contributed by atoms with E-state index in [-0.39, 0.29) is 17.5 Å². The maximum absolute atomic E-state index is 12.3. The van der Waals surface area contributed by atoms with Gasteiger partial charge >= 0.3 is 6.03 Å². The smallest absolute Gasteiger partial charge is 0.317 e. The summed E-state index contributed by atoms with van der Waals surface area (Å²) in [5.74, 6) is 0. The van der Waals surface area contributed by atoms with E-state index in [1.165, 1.54) is 0 Å². The number of rotatable bonds is 4. The molecule has 106 valence electrons. The zero-order valence-electron chi connectivity index (χ0n) is 12.7. The first-order chi connectivity index (χ1) is 8.78. The van der Waals surface area contributed by atoms with E-state index >= 15 is 0 Å². The molecule has 0 fully saturated rings. The standard InChI is InChI=1S/C16H26N2O/c1-13(2)17-15(19)18(12-16(3,4)5)11-14-9-7-6-8-10-14/h6-10,13H,11-12H2,1-5H3,(H,17,19). The van der Waals surface area contributed by atoms with Crippen LogP contribution in [0.1, 0.15) is 40.2 Å². The average Bonchev–Trinajstić information content (AvgIpc) is 2.26. The predicted molar refractivity (Wildman–Crippen MR) is 80.0 cm³/mol. The van der Waals surface area contributed by atoms with Crippen molar-refractivity contribution in [3.63, 3.8) is 0 Å². The molecule has 3 nitrogen and oxygen atoms in total. The number of nitrogens with zero attached hydrogens (tertiary/aromatic N) is 1. The van der Waals surface area contributed by atoms with Gasteiger partial charge in [-0.25, -0.2) is 4.79 Å². The van der Waals surface area contributed by atoms with E-state index in [1.807, 2.05) is 36.9 Å². The van der Waals surface area contributed by atoms with E-state index in [9.17, 15) is 4.79 Å². The van der Waals surface area contributed by atoms with Crippen LogP contribution in [0.2, 0.25) is 0 Å². The summed E-state index contributed by atoms with van der Waals surface area (Å²) in [4.78, 5) is 14.1. The molecule has 0 atom stereocenters. The highest BCUT2D eigenvalue weighted by Crippen LogP contribution is 2.17. The molecule has 0 spiro atoms. The van der Waals surface area contributed by atoms with Gasteiger partial charge in [0, 0.05) is 19.1 Å². The van der Waals surface area contributed by atoms with E-state index in [0.717, 1.165) is 12.1 Å². The quantitative estimate of drug-likeness (QED) is 0.882. The Morgan fingerprint density at radius 3 is 2.26 bits per heavy atom. The molecule has 0 unspecified atom stereocenters. The second-order valence-corrected chi connectivity index (χ2v) is 6.51. The number of carbonyl (C=O) groups is 1. The number of hydrogen-bond acceptors (Lipinski definition) is 1. The molecule has 1 aromatic rings. The van der Waals surface area contributed by atoms with E-state index in [4.69, 9.17) is 0 Å². The van der Waals surface area contributed by atoms with Crippen LogP contribution in [0.4, 0.5) is 4.79 Å². The van der Waals surface area contributed by atoms with E-state index < -0.39 is 0 Å². The number of amides is 2. The van der Waals surface area contributed by atoms with Crippen LogP contribution in [0.25, 0.3) is 0 Å². The Morgan fingerprint density at radius 2 is 1.79 bits per heavy atom. The minimum absolute atomic E-state index is 0.00813. The van der Waals surface area contributed by atoms with Gasteiger partial charge in [0.15, 0.2) is 0 Å². The summed E-state index contributed by atoms with van der Waals surface area (Å²) >= 11 is 0. The van der Waals surface area contributed by atoms with Crippen LogP contribution in [0.3, 0.4) is 0 Å². The molecular formula is C16H26N2O. The topological polar surface area (TPSA) is 32.3 Å².